The Morgan fingerprint density at radius 1 is 1.50 bits per heavy atom. The van der Waals surface area contributed by atoms with Gasteiger partial charge in [0.2, 0.25) is 0 Å². The van der Waals surface area contributed by atoms with Crippen molar-refractivity contribution in [3.8, 4) is 0 Å². The van der Waals surface area contributed by atoms with Gasteiger partial charge in [0.1, 0.15) is 0 Å². The van der Waals surface area contributed by atoms with Crippen molar-refractivity contribution in [2.24, 2.45) is 5.92 Å². The Morgan fingerprint density at radius 3 is 3.11 bits per heavy atom. The summed E-state index contributed by atoms with van der Waals surface area (Å²) in [6, 6.07) is 2.26. The minimum Gasteiger partial charge on any atom is -0.269 e. The molecule has 0 N–H and O–H groups in total. The molecular formula is C16H20N2. The number of fused-ring (bicyclic) bond motifs is 1. The van der Waals surface area contributed by atoms with Gasteiger partial charge in [-0.15, -0.1) is 0 Å². The first-order chi connectivity index (χ1) is 8.79. The molecule has 2 heterocycles. The van der Waals surface area contributed by atoms with Gasteiger partial charge in [-0.05, 0) is 36.8 Å². The maximum Gasteiger partial charge on any atom is 0.0879 e. The molecule has 1 aromatic rings. The lowest BCUT2D eigenvalue weighted by Crippen LogP contribution is -2.08. The van der Waals surface area contributed by atoms with E-state index in [1.165, 1.54) is 12.1 Å². The van der Waals surface area contributed by atoms with Crippen molar-refractivity contribution >= 4 is 5.57 Å². The normalized spacial score (nSPS) is 25.4. The maximum absolute atomic E-state index is 4.68. The second-order valence-corrected chi connectivity index (χ2v) is 5.24. The van der Waals surface area contributed by atoms with Gasteiger partial charge in [0, 0.05) is 18.2 Å². The maximum atomic E-state index is 4.68. The number of aromatic nitrogens is 2. The van der Waals surface area contributed by atoms with Crippen LogP contribution >= 0.6 is 0 Å². The summed E-state index contributed by atoms with van der Waals surface area (Å²) in [5, 5.41) is 4.68. The molecule has 0 radical (unpaired) electrons. The van der Waals surface area contributed by atoms with Crippen LogP contribution in [0.4, 0.5) is 0 Å². The van der Waals surface area contributed by atoms with Crippen LogP contribution in [0.25, 0.3) is 5.57 Å². The van der Waals surface area contributed by atoms with E-state index in [0.717, 1.165) is 30.7 Å². The van der Waals surface area contributed by atoms with Crippen molar-refractivity contribution < 1.29 is 0 Å². The van der Waals surface area contributed by atoms with E-state index in [2.05, 4.69) is 53.7 Å². The molecule has 2 nitrogen and oxygen atoms in total. The van der Waals surface area contributed by atoms with E-state index in [0.29, 0.717) is 11.8 Å². The van der Waals surface area contributed by atoms with Crippen LogP contribution in [-0.4, -0.2) is 9.78 Å². The SMILES string of the molecule is C=C(CC)c1cc2n(n1)CCC2C1C=CC=CC1. The van der Waals surface area contributed by atoms with Crippen LogP contribution in [0.1, 0.15) is 43.5 Å². The van der Waals surface area contributed by atoms with E-state index in [1.54, 1.807) is 0 Å². The van der Waals surface area contributed by atoms with Crippen LogP contribution in [0, 0.1) is 5.92 Å². The molecule has 3 rings (SSSR count). The number of hydrogen-bond acceptors (Lipinski definition) is 1. The van der Waals surface area contributed by atoms with Crippen molar-refractivity contribution in [2.45, 2.75) is 38.6 Å². The fraction of sp³-hybridized carbons (Fsp3) is 0.438. The van der Waals surface area contributed by atoms with E-state index in [4.69, 9.17) is 0 Å². The highest BCUT2D eigenvalue weighted by atomic mass is 15.3. The van der Waals surface area contributed by atoms with Gasteiger partial charge in [-0.25, -0.2) is 0 Å². The van der Waals surface area contributed by atoms with Crippen molar-refractivity contribution in [1.29, 1.82) is 0 Å². The summed E-state index contributed by atoms with van der Waals surface area (Å²) in [5.74, 6) is 1.28. The molecule has 1 aliphatic carbocycles. The molecule has 2 unspecified atom stereocenters. The zero-order valence-electron chi connectivity index (χ0n) is 11.0. The Morgan fingerprint density at radius 2 is 2.39 bits per heavy atom. The first-order valence-corrected chi connectivity index (χ1v) is 6.89. The lowest BCUT2D eigenvalue weighted by molar-refractivity contribution is 0.502. The predicted molar refractivity (Wildman–Crippen MR) is 75.3 cm³/mol. The lowest BCUT2D eigenvalue weighted by Gasteiger charge is -2.19. The van der Waals surface area contributed by atoms with Crippen LogP contribution in [-0.2, 0) is 6.54 Å². The third kappa shape index (κ3) is 1.86. The largest absolute Gasteiger partial charge is 0.269 e. The molecule has 2 atom stereocenters. The molecule has 18 heavy (non-hydrogen) atoms. The van der Waals surface area contributed by atoms with Crippen LogP contribution < -0.4 is 0 Å². The molecule has 0 amide bonds. The van der Waals surface area contributed by atoms with Gasteiger partial charge < -0.3 is 0 Å². The molecule has 0 spiro atoms. The zero-order valence-corrected chi connectivity index (χ0v) is 11.0. The average molecular weight is 240 g/mol. The topological polar surface area (TPSA) is 17.8 Å². The highest BCUT2D eigenvalue weighted by Gasteiger charge is 2.30. The summed E-state index contributed by atoms with van der Waals surface area (Å²) in [5.41, 5.74) is 3.65. The summed E-state index contributed by atoms with van der Waals surface area (Å²) in [4.78, 5) is 0. The van der Waals surface area contributed by atoms with Gasteiger partial charge >= 0.3 is 0 Å². The minimum absolute atomic E-state index is 0.636. The Balaban J connectivity index is 1.87. The molecule has 0 bridgehead atoms. The molecule has 1 aromatic heterocycles. The fourth-order valence-electron chi connectivity index (χ4n) is 3.00. The molecule has 1 aliphatic heterocycles. The number of hydrogen-bond donors (Lipinski definition) is 0. The molecule has 94 valence electrons. The van der Waals surface area contributed by atoms with Crippen LogP contribution in [0.3, 0.4) is 0 Å². The molecule has 0 aromatic carbocycles. The van der Waals surface area contributed by atoms with Gasteiger partial charge in [-0.2, -0.15) is 5.10 Å². The summed E-state index contributed by atoms with van der Waals surface area (Å²) in [6.45, 7) is 7.29. The van der Waals surface area contributed by atoms with Crippen molar-refractivity contribution in [1.82, 2.24) is 9.78 Å². The van der Waals surface area contributed by atoms with E-state index in [-0.39, 0.29) is 0 Å². The van der Waals surface area contributed by atoms with Crippen molar-refractivity contribution in [3.05, 3.63) is 48.3 Å². The van der Waals surface area contributed by atoms with Crippen molar-refractivity contribution in [3.63, 3.8) is 0 Å². The zero-order chi connectivity index (χ0) is 12.5. The number of nitrogens with zero attached hydrogens (tertiary/aromatic N) is 2. The standard InChI is InChI=1S/C16H20N2/c1-3-12(2)15-11-16-14(9-10-18(16)17-15)13-7-5-4-6-8-13/h4-7,11,13-14H,2-3,8-10H2,1H3. The van der Waals surface area contributed by atoms with Gasteiger partial charge in [-0.1, -0.05) is 37.8 Å². The van der Waals surface area contributed by atoms with Gasteiger partial charge in [-0.3, -0.25) is 4.68 Å². The monoisotopic (exact) mass is 240 g/mol. The first kappa shape index (κ1) is 11.5. The molecular weight excluding hydrogens is 220 g/mol. The second-order valence-electron chi connectivity index (χ2n) is 5.24. The number of aryl methyl sites for hydroxylation is 1. The van der Waals surface area contributed by atoms with Crippen LogP contribution in [0.5, 0.6) is 0 Å². The summed E-state index contributed by atoms with van der Waals surface area (Å²) in [7, 11) is 0. The van der Waals surface area contributed by atoms with Crippen LogP contribution in [0.2, 0.25) is 0 Å². The van der Waals surface area contributed by atoms with Gasteiger partial charge in [0.25, 0.3) is 0 Å². The Kier molecular flexibility index (Phi) is 2.94. The van der Waals surface area contributed by atoms with Crippen molar-refractivity contribution in [2.75, 3.05) is 0 Å². The highest BCUT2D eigenvalue weighted by molar-refractivity contribution is 5.60. The predicted octanol–water partition coefficient (Wildman–Crippen LogP) is 3.93. The van der Waals surface area contributed by atoms with E-state index in [1.807, 2.05) is 0 Å². The Hall–Kier alpha value is -1.57. The quantitative estimate of drug-likeness (QED) is 0.783. The second kappa shape index (κ2) is 4.60. The molecule has 0 fully saturated rings. The first-order valence-electron chi connectivity index (χ1n) is 6.89. The van der Waals surface area contributed by atoms with E-state index < -0.39 is 0 Å². The Bertz CT molecular complexity index is 519. The minimum atomic E-state index is 0.636. The van der Waals surface area contributed by atoms with Crippen LogP contribution in [0.15, 0.2) is 36.9 Å². The third-order valence-electron chi connectivity index (χ3n) is 4.16. The van der Waals surface area contributed by atoms with E-state index in [9.17, 15) is 0 Å². The summed E-state index contributed by atoms with van der Waals surface area (Å²) >= 11 is 0. The van der Waals surface area contributed by atoms with Gasteiger partial charge in [0.05, 0.1) is 5.69 Å². The summed E-state index contributed by atoms with van der Waals surface area (Å²) < 4.78 is 2.19. The Labute approximate surface area is 109 Å². The van der Waals surface area contributed by atoms with Gasteiger partial charge in [0.15, 0.2) is 0 Å². The highest BCUT2D eigenvalue weighted by Crippen LogP contribution is 2.38. The average Bonchev–Trinajstić information content (AvgIpc) is 2.98. The number of rotatable bonds is 3. The molecule has 0 saturated heterocycles. The number of allylic oxidation sites excluding steroid dienone is 5. The molecule has 0 saturated carbocycles. The summed E-state index contributed by atoms with van der Waals surface area (Å²) in [6.07, 6.45) is 12.3. The molecule has 2 heteroatoms. The fourth-order valence-corrected chi connectivity index (χ4v) is 3.00. The lowest BCUT2D eigenvalue weighted by atomic mass is 9.84. The van der Waals surface area contributed by atoms with E-state index >= 15 is 0 Å². The third-order valence-corrected chi connectivity index (χ3v) is 4.16. The smallest absolute Gasteiger partial charge is 0.0879 e. The molecule has 2 aliphatic rings.